The lowest BCUT2D eigenvalue weighted by Gasteiger charge is -2.62. The monoisotopic (exact) mass is 508 g/mol. The van der Waals surface area contributed by atoms with Crippen molar-refractivity contribution < 1.29 is 23.5 Å². The third-order valence-corrected chi connectivity index (χ3v) is 16.6. The minimum atomic E-state index is -2.12. The molecule has 3 aliphatic carbocycles. The Morgan fingerprint density at radius 3 is 2.11 bits per heavy atom. The van der Waals surface area contributed by atoms with Gasteiger partial charge in [0, 0.05) is 36.9 Å². The summed E-state index contributed by atoms with van der Waals surface area (Å²) in [6, 6.07) is 0. The lowest BCUT2D eigenvalue weighted by molar-refractivity contribution is -0.197. The van der Waals surface area contributed by atoms with Gasteiger partial charge in [0.25, 0.3) is 0 Å². The summed E-state index contributed by atoms with van der Waals surface area (Å²) in [4.78, 5) is 28.1. The summed E-state index contributed by atoms with van der Waals surface area (Å²) in [6.45, 7) is 21.1. The second-order valence-corrected chi connectivity index (χ2v) is 18.8. The summed E-state index contributed by atoms with van der Waals surface area (Å²) < 4.78 is 18.4. The standard InChI is InChI=1S/C29H52O5Si/c1-18(2)35(19(3)4,20(5)6)34-16-29-14-13-23-21(7)11-12-24(30)28(23,9)27(29)25(31)26(22(8)15-29)33-17-32-10/h18-23,26-27H,11-17H2,1-10H3/t21-,22-,23+,26-,27-,28-,29+/m1/s1. The van der Waals surface area contributed by atoms with Gasteiger partial charge in [-0.15, -0.1) is 0 Å². The van der Waals surface area contributed by atoms with Crippen molar-refractivity contribution in [2.24, 2.45) is 34.5 Å². The van der Waals surface area contributed by atoms with Crippen molar-refractivity contribution in [2.45, 2.75) is 117 Å². The third-order valence-electron chi connectivity index (χ3n) is 10.5. The first-order valence-electron chi connectivity index (χ1n) is 14.1. The molecule has 0 N–H and O–H groups in total. The molecule has 3 saturated carbocycles. The normalized spacial score (nSPS) is 38.3. The van der Waals surface area contributed by atoms with E-state index in [2.05, 4.69) is 62.3 Å². The van der Waals surface area contributed by atoms with Crippen molar-refractivity contribution in [2.75, 3.05) is 20.5 Å². The second-order valence-electron chi connectivity index (χ2n) is 13.3. The fourth-order valence-electron chi connectivity index (χ4n) is 9.19. The zero-order chi connectivity index (χ0) is 26.3. The van der Waals surface area contributed by atoms with Gasteiger partial charge in [-0.1, -0.05) is 62.3 Å². The molecule has 0 spiro atoms. The molecule has 0 aromatic carbocycles. The number of carbonyl (C=O) groups is 2. The number of carbonyl (C=O) groups excluding carboxylic acids is 2. The number of ketones is 2. The van der Waals surface area contributed by atoms with Crippen LogP contribution >= 0.6 is 0 Å². The Balaban J connectivity index is 2.08. The molecule has 0 amide bonds. The van der Waals surface area contributed by atoms with Crippen LogP contribution in [0, 0.1) is 34.5 Å². The molecule has 3 rings (SSSR count). The van der Waals surface area contributed by atoms with E-state index < -0.39 is 19.8 Å². The van der Waals surface area contributed by atoms with Gasteiger partial charge in [-0.2, -0.15) is 0 Å². The summed E-state index contributed by atoms with van der Waals surface area (Å²) in [5.41, 5.74) is 0.502. The van der Waals surface area contributed by atoms with Crippen LogP contribution in [0.3, 0.4) is 0 Å². The zero-order valence-electron chi connectivity index (χ0n) is 24.1. The van der Waals surface area contributed by atoms with E-state index in [9.17, 15) is 9.59 Å². The predicted molar refractivity (Wildman–Crippen MR) is 143 cm³/mol. The third kappa shape index (κ3) is 4.63. The van der Waals surface area contributed by atoms with Crippen LogP contribution in [0.25, 0.3) is 0 Å². The molecular weight excluding hydrogens is 456 g/mol. The number of rotatable bonds is 9. The minimum Gasteiger partial charge on any atom is -0.415 e. The minimum absolute atomic E-state index is 0.0713. The van der Waals surface area contributed by atoms with Gasteiger partial charge in [0.15, 0.2) is 14.1 Å². The first kappa shape index (κ1) is 29.0. The van der Waals surface area contributed by atoms with Gasteiger partial charge in [0.05, 0.1) is 0 Å². The summed E-state index contributed by atoms with van der Waals surface area (Å²) in [5.74, 6) is 0.831. The van der Waals surface area contributed by atoms with Crippen LogP contribution in [0.1, 0.15) is 94.4 Å². The molecule has 0 aromatic heterocycles. The van der Waals surface area contributed by atoms with E-state index >= 15 is 0 Å². The Kier molecular flexibility index (Phi) is 8.84. The van der Waals surface area contributed by atoms with Crippen LogP contribution < -0.4 is 0 Å². The molecule has 0 aliphatic heterocycles. The molecule has 35 heavy (non-hydrogen) atoms. The fraction of sp³-hybridized carbons (Fsp3) is 0.931. The molecule has 0 saturated heterocycles. The summed E-state index contributed by atoms with van der Waals surface area (Å²) in [6.07, 6.45) is 3.83. The summed E-state index contributed by atoms with van der Waals surface area (Å²) in [5, 5.41) is 0. The average Bonchev–Trinajstić information content (AvgIpc) is 2.75. The number of ether oxygens (including phenoxy) is 2. The van der Waals surface area contributed by atoms with E-state index in [1.54, 1.807) is 7.11 Å². The highest BCUT2D eigenvalue weighted by Crippen LogP contribution is 2.64. The van der Waals surface area contributed by atoms with Gasteiger partial charge < -0.3 is 13.9 Å². The largest absolute Gasteiger partial charge is 0.415 e. The smallest absolute Gasteiger partial charge is 0.200 e. The molecular formula is C29H52O5Si. The number of Topliss-reactive ketones (excluding diaryl/α,β-unsaturated/α-hetero) is 2. The van der Waals surface area contributed by atoms with Crippen LogP contribution in [0.4, 0.5) is 0 Å². The molecule has 0 heterocycles. The fourth-order valence-corrected chi connectivity index (χ4v) is 14.7. The zero-order valence-corrected chi connectivity index (χ0v) is 25.1. The SMILES string of the molecule is COCO[C@H]1C(=O)[C@H]2[C@@](CO[Si](C(C)C)(C(C)C)C(C)C)(CC[C@H]3[C@H](C)CCC(=O)[C@@]32C)C[C@H]1C. The van der Waals surface area contributed by atoms with E-state index in [1.165, 1.54) is 0 Å². The first-order valence-corrected chi connectivity index (χ1v) is 16.2. The molecule has 202 valence electrons. The maximum Gasteiger partial charge on any atom is 0.200 e. The van der Waals surface area contributed by atoms with Crippen molar-refractivity contribution in [1.29, 1.82) is 0 Å². The van der Waals surface area contributed by atoms with Crippen LogP contribution in [-0.2, 0) is 23.5 Å². The van der Waals surface area contributed by atoms with Gasteiger partial charge in [-0.25, -0.2) is 0 Å². The van der Waals surface area contributed by atoms with Gasteiger partial charge in [0.1, 0.15) is 18.7 Å². The van der Waals surface area contributed by atoms with Crippen LogP contribution in [0.2, 0.25) is 16.6 Å². The van der Waals surface area contributed by atoms with E-state index in [4.69, 9.17) is 13.9 Å². The molecule has 0 unspecified atom stereocenters. The number of methoxy groups -OCH3 is 1. The number of fused-ring (bicyclic) bond motifs is 3. The molecule has 6 heteroatoms. The molecule has 3 aliphatic rings. The molecule has 7 atom stereocenters. The van der Waals surface area contributed by atoms with Crippen LogP contribution in [0.15, 0.2) is 0 Å². The Hall–Kier alpha value is -0.563. The molecule has 5 nitrogen and oxygen atoms in total. The molecule has 0 radical (unpaired) electrons. The molecule has 3 fully saturated rings. The first-order chi connectivity index (χ1) is 16.3. The van der Waals surface area contributed by atoms with Gasteiger partial charge in [-0.05, 0) is 60.1 Å². The summed E-state index contributed by atoms with van der Waals surface area (Å²) in [7, 11) is -0.529. The Labute approximate surface area is 215 Å². The van der Waals surface area contributed by atoms with Gasteiger partial charge >= 0.3 is 0 Å². The van der Waals surface area contributed by atoms with Crippen molar-refractivity contribution in [3.63, 3.8) is 0 Å². The van der Waals surface area contributed by atoms with E-state index in [1.807, 2.05) is 0 Å². The molecule has 0 aromatic rings. The van der Waals surface area contributed by atoms with Crippen molar-refractivity contribution in [3.8, 4) is 0 Å². The van der Waals surface area contributed by atoms with Gasteiger partial charge in [0.2, 0.25) is 0 Å². The second kappa shape index (κ2) is 10.7. The topological polar surface area (TPSA) is 61.8 Å². The summed E-state index contributed by atoms with van der Waals surface area (Å²) >= 11 is 0. The van der Waals surface area contributed by atoms with E-state index in [0.717, 1.165) is 25.7 Å². The van der Waals surface area contributed by atoms with E-state index in [0.29, 0.717) is 35.6 Å². The van der Waals surface area contributed by atoms with Crippen LogP contribution in [0.5, 0.6) is 0 Å². The average molecular weight is 509 g/mol. The van der Waals surface area contributed by atoms with Gasteiger partial charge in [-0.3, -0.25) is 9.59 Å². The lowest BCUT2D eigenvalue weighted by Crippen LogP contribution is -2.66. The number of hydrogen-bond donors (Lipinski definition) is 0. The van der Waals surface area contributed by atoms with Crippen LogP contribution in [-0.4, -0.2) is 46.5 Å². The van der Waals surface area contributed by atoms with E-state index in [-0.39, 0.29) is 41.5 Å². The Morgan fingerprint density at radius 2 is 1.57 bits per heavy atom. The van der Waals surface area contributed by atoms with Crippen molar-refractivity contribution >= 4 is 19.9 Å². The molecule has 0 bridgehead atoms. The number of hydrogen-bond acceptors (Lipinski definition) is 5. The Morgan fingerprint density at radius 1 is 0.971 bits per heavy atom. The highest BCUT2D eigenvalue weighted by atomic mass is 28.4. The maximum atomic E-state index is 14.3. The highest BCUT2D eigenvalue weighted by molar-refractivity contribution is 6.77. The Bertz CT molecular complexity index is 757. The maximum absolute atomic E-state index is 14.3. The highest BCUT2D eigenvalue weighted by Gasteiger charge is 2.67. The van der Waals surface area contributed by atoms with Crippen molar-refractivity contribution in [1.82, 2.24) is 0 Å². The quantitative estimate of drug-likeness (QED) is 0.253. The van der Waals surface area contributed by atoms with Crippen molar-refractivity contribution in [3.05, 3.63) is 0 Å². The predicted octanol–water partition coefficient (Wildman–Crippen LogP) is 6.79. The lowest BCUT2D eigenvalue weighted by atomic mass is 9.41.